The van der Waals surface area contributed by atoms with Gasteiger partial charge in [-0.05, 0) is 30.8 Å². The Hall–Kier alpha value is -3.36. The lowest BCUT2D eigenvalue weighted by atomic mass is 10.1. The van der Waals surface area contributed by atoms with Crippen molar-refractivity contribution in [2.24, 2.45) is 0 Å². The van der Waals surface area contributed by atoms with Gasteiger partial charge in [0.2, 0.25) is 0 Å². The quantitative estimate of drug-likeness (QED) is 0.504. The van der Waals surface area contributed by atoms with E-state index in [4.69, 9.17) is 14.5 Å². The first kappa shape index (κ1) is 23.8. The van der Waals surface area contributed by atoms with Gasteiger partial charge in [-0.2, -0.15) is 0 Å². The van der Waals surface area contributed by atoms with E-state index in [0.717, 1.165) is 55.9 Å². The molecule has 1 fully saturated rings. The number of para-hydroxylation sites is 1. The Morgan fingerprint density at radius 1 is 1.00 bits per heavy atom. The molecule has 0 bridgehead atoms. The second-order valence-electron chi connectivity index (χ2n) is 8.30. The maximum Gasteiger partial charge on any atom is 0.252 e. The summed E-state index contributed by atoms with van der Waals surface area (Å²) in [6.07, 6.45) is 0. The fraction of sp³-hybridized carbons (Fsp3) is 0.385. The highest BCUT2D eigenvalue weighted by Crippen LogP contribution is 2.32. The van der Waals surface area contributed by atoms with Gasteiger partial charge in [0.25, 0.3) is 5.91 Å². The van der Waals surface area contributed by atoms with Crippen LogP contribution in [-0.2, 0) is 0 Å². The second-order valence-corrected chi connectivity index (χ2v) is 8.30. The van der Waals surface area contributed by atoms with Crippen molar-refractivity contribution in [3.8, 4) is 11.5 Å². The van der Waals surface area contributed by atoms with E-state index >= 15 is 0 Å². The minimum atomic E-state index is -0.101. The Morgan fingerprint density at radius 2 is 1.76 bits per heavy atom. The highest BCUT2D eigenvalue weighted by atomic mass is 16.5. The predicted octanol–water partition coefficient (Wildman–Crippen LogP) is 3.36. The molecule has 8 heteroatoms. The van der Waals surface area contributed by atoms with E-state index in [1.807, 2.05) is 36.4 Å². The van der Waals surface area contributed by atoms with Crippen LogP contribution in [0, 0.1) is 0 Å². The molecule has 8 nitrogen and oxygen atoms in total. The Balaban J connectivity index is 1.49. The first-order valence-corrected chi connectivity index (χ1v) is 11.7. The van der Waals surface area contributed by atoms with Gasteiger partial charge in [-0.3, -0.25) is 9.69 Å². The van der Waals surface area contributed by atoms with Crippen LogP contribution in [0.4, 0.5) is 11.5 Å². The van der Waals surface area contributed by atoms with Crippen molar-refractivity contribution in [1.29, 1.82) is 0 Å². The van der Waals surface area contributed by atoms with E-state index < -0.39 is 0 Å². The van der Waals surface area contributed by atoms with E-state index in [1.54, 1.807) is 26.4 Å². The number of nitrogens with zero attached hydrogens (tertiary/aromatic N) is 3. The minimum absolute atomic E-state index is 0.101. The zero-order valence-electron chi connectivity index (χ0n) is 20.1. The monoisotopic (exact) mass is 463 g/mol. The summed E-state index contributed by atoms with van der Waals surface area (Å²) in [7, 11) is 3.22. The number of aromatic nitrogens is 1. The molecule has 0 unspecified atom stereocenters. The Morgan fingerprint density at radius 3 is 2.50 bits per heavy atom. The van der Waals surface area contributed by atoms with Crippen molar-refractivity contribution < 1.29 is 14.3 Å². The van der Waals surface area contributed by atoms with Crippen LogP contribution < -0.4 is 20.1 Å². The average Bonchev–Trinajstić information content (AvgIpc) is 2.88. The maximum absolute atomic E-state index is 13.2. The molecular weight excluding hydrogens is 430 g/mol. The van der Waals surface area contributed by atoms with E-state index in [9.17, 15) is 4.79 Å². The number of likely N-dealkylation sites (N-methyl/N-ethyl adjacent to an activating group) is 1. The molecule has 0 aliphatic carbocycles. The highest BCUT2D eigenvalue weighted by molar-refractivity contribution is 6.07. The normalized spacial score (nSPS) is 14.7. The molecule has 2 heterocycles. The van der Waals surface area contributed by atoms with E-state index in [2.05, 4.69) is 27.4 Å². The molecule has 180 valence electrons. The number of anilines is 2. The van der Waals surface area contributed by atoms with E-state index in [-0.39, 0.29) is 5.91 Å². The SMILES string of the molecule is CCN1CCN(CCNC(=O)c2cc(Nc3ccc(OC)cc3OC)nc3ccccc23)CC1. The molecule has 2 N–H and O–H groups in total. The molecule has 2 aromatic carbocycles. The highest BCUT2D eigenvalue weighted by Gasteiger charge is 2.17. The molecule has 34 heavy (non-hydrogen) atoms. The van der Waals surface area contributed by atoms with Crippen molar-refractivity contribution in [3.63, 3.8) is 0 Å². The number of ether oxygens (including phenoxy) is 2. The number of nitrogens with one attached hydrogen (secondary N) is 2. The third kappa shape index (κ3) is 5.58. The molecule has 0 spiro atoms. The summed E-state index contributed by atoms with van der Waals surface area (Å²) in [6.45, 7) is 9.00. The lowest BCUT2D eigenvalue weighted by molar-refractivity contribution is 0.0939. The van der Waals surface area contributed by atoms with Gasteiger partial charge in [0.05, 0.1) is 31.0 Å². The van der Waals surface area contributed by atoms with E-state index in [1.165, 1.54) is 0 Å². The molecule has 0 atom stereocenters. The largest absolute Gasteiger partial charge is 0.497 e. The summed E-state index contributed by atoms with van der Waals surface area (Å²) in [5, 5.41) is 7.22. The third-order valence-corrected chi connectivity index (χ3v) is 6.26. The predicted molar refractivity (Wildman–Crippen MR) is 135 cm³/mol. The van der Waals surface area contributed by atoms with E-state index in [0.29, 0.717) is 29.4 Å². The molecule has 1 aliphatic rings. The average molecular weight is 464 g/mol. The topological polar surface area (TPSA) is 79.0 Å². The number of fused-ring (bicyclic) bond motifs is 1. The van der Waals surface area contributed by atoms with Crippen molar-refractivity contribution in [1.82, 2.24) is 20.1 Å². The molecule has 4 rings (SSSR count). The molecule has 3 aromatic rings. The fourth-order valence-corrected chi connectivity index (χ4v) is 4.22. The Bertz CT molecular complexity index is 1130. The van der Waals surface area contributed by atoms with Crippen LogP contribution in [0.1, 0.15) is 17.3 Å². The van der Waals surface area contributed by atoms with Crippen LogP contribution in [0.5, 0.6) is 11.5 Å². The van der Waals surface area contributed by atoms with Crippen molar-refractivity contribution in [2.45, 2.75) is 6.92 Å². The fourth-order valence-electron chi connectivity index (χ4n) is 4.22. The molecule has 1 aromatic heterocycles. The first-order chi connectivity index (χ1) is 16.6. The minimum Gasteiger partial charge on any atom is -0.497 e. The summed E-state index contributed by atoms with van der Waals surface area (Å²) < 4.78 is 10.8. The van der Waals surface area contributed by atoms with Crippen molar-refractivity contribution >= 4 is 28.3 Å². The number of methoxy groups -OCH3 is 2. The standard InChI is InChI=1S/C26H33N5O3/c1-4-30-13-15-31(16-14-30)12-11-27-26(32)21-18-25(28-22-8-6-5-7-20(21)22)29-23-10-9-19(33-2)17-24(23)34-3/h5-10,17-18H,4,11-16H2,1-3H3,(H,27,32)(H,28,29). The number of pyridine rings is 1. The second kappa shape index (κ2) is 11.2. The molecule has 1 saturated heterocycles. The number of hydrogen-bond acceptors (Lipinski definition) is 7. The van der Waals surface area contributed by atoms with Crippen LogP contribution in [0.15, 0.2) is 48.5 Å². The maximum atomic E-state index is 13.2. The number of piperazine rings is 1. The summed E-state index contributed by atoms with van der Waals surface area (Å²) in [4.78, 5) is 22.7. The van der Waals surface area contributed by atoms with Crippen LogP contribution >= 0.6 is 0 Å². The smallest absolute Gasteiger partial charge is 0.252 e. The first-order valence-electron chi connectivity index (χ1n) is 11.7. The van der Waals surface area contributed by atoms with Crippen molar-refractivity contribution in [3.05, 3.63) is 54.1 Å². The van der Waals surface area contributed by atoms with Gasteiger partial charge in [-0.25, -0.2) is 4.98 Å². The zero-order valence-corrected chi connectivity index (χ0v) is 20.1. The molecule has 0 radical (unpaired) electrons. The molecular formula is C26H33N5O3. The summed E-state index contributed by atoms with van der Waals surface area (Å²) in [5.74, 6) is 1.80. The molecule has 1 amide bonds. The summed E-state index contributed by atoms with van der Waals surface area (Å²) >= 11 is 0. The van der Waals surface area contributed by atoms with Gasteiger partial charge in [0, 0.05) is 50.7 Å². The zero-order chi connectivity index (χ0) is 23.9. The van der Waals surface area contributed by atoms with Crippen molar-refractivity contribution in [2.75, 3.05) is 65.3 Å². The number of carbonyl (C=O) groups excluding carboxylic acids is 1. The van der Waals surface area contributed by atoms with Crippen LogP contribution in [-0.4, -0.2) is 80.7 Å². The number of hydrogen-bond donors (Lipinski definition) is 2. The van der Waals surface area contributed by atoms with Crippen LogP contribution in [0.25, 0.3) is 10.9 Å². The lowest BCUT2D eigenvalue weighted by Crippen LogP contribution is -2.48. The summed E-state index contributed by atoms with van der Waals surface area (Å²) in [5.41, 5.74) is 2.08. The third-order valence-electron chi connectivity index (χ3n) is 6.26. The van der Waals surface area contributed by atoms with Crippen LogP contribution in [0.2, 0.25) is 0 Å². The van der Waals surface area contributed by atoms with Gasteiger partial charge in [-0.1, -0.05) is 25.1 Å². The van der Waals surface area contributed by atoms with Gasteiger partial charge in [-0.15, -0.1) is 0 Å². The van der Waals surface area contributed by atoms with Gasteiger partial charge in [0.1, 0.15) is 17.3 Å². The van der Waals surface area contributed by atoms with Gasteiger partial charge >= 0.3 is 0 Å². The van der Waals surface area contributed by atoms with Gasteiger partial charge in [0.15, 0.2) is 0 Å². The number of rotatable bonds is 9. The van der Waals surface area contributed by atoms with Crippen LogP contribution in [0.3, 0.4) is 0 Å². The number of benzene rings is 2. The van der Waals surface area contributed by atoms with Gasteiger partial charge < -0.3 is 25.0 Å². The molecule has 1 aliphatic heterocycles. The lowest BCUT2D eigenvalue weighted by Gasteiger charge is -2.33. The number of carbonyl (C=O) groups is 1. The molecule has 0 saturated carbocycles. The Kier molecular flexibility index (Phi) is 7.82. The summed E-state index contributed by atoms with van der Waals surface area (Å²) in [6, 6.07) is 15.0. The number of amides is 1. The Labute approximate surface area is 200 Å².